The highest BCUT2D eigenvalue weighted by Crippen LogP contribution is 2.11. The molecule has 0 heteroatoms. The summed E-state index contributed by atoms with van der Waals surface area (Å²) in [5, 5.41) is 0. The van der Waals surface area contributed by atoms with Crippen molar-refractivity contribution in [2.24, 2.45) is 0 Å². The van der Waals surface area contributed by atoms with E-state index in [2.05, 4.69) is 38.7 Å². The Labute approximate surface area is 83.0 Å². The molecule has 13 heavy (non-hydrogen) atoms. The van der Waals surface area contributed by atoms with Gasteiger partial charge >= 0.3 is 0 Å². The van der Waals surface area contributed by atoms with Crippen LogP contribution >= 0.6 is 0 Å². The molecular formula is C13H22. The summed E-state index contributed by atoms with van der Waals surface area (Å²) >= 11 is 0. The molecule has 74 valence electrons. The molecule has 0 rings (SSSR count). The van der Waals surface area contributed by atoms with Crippen LogP contribution in [0.25, 0.3) is 0 Å². The van der Waals surface area contributed by atoms with Gasteiger partial charge in [0.15, 0.2) is 0 Å². The Hall–Kier alpha value is -0.780. The maximum Gasteiger partial charge on any atom is -0.0166 e. The third kappa shape index (κ3) is 7.58. The molecule has 0 spiro atoms. The maximum atomic E-state index is 3.72. The molecule has 0 N–H and O–H groups in total. The molecule has 0 atom stereocenters. The molecule has 0 unspecified atom stereocenters. The van der Waals surface area contributed by atoms with Crippen LogP contribution in [0.5, 0.6) is 0 Å². The van der Waals surface area contributed by atoms with E-state index in [0.29, 0.717) is 0 Å². The third-order valence-corrected chi connectivity index (χ3v) is 2.00. The monoisotopic (exact) mass is 178 g/mol. The molecule has 0 saturated carbocycles. The zero-order valence-corrected chi connectivity index (χ0v) is 9.05. The molecule has 0 amide bonds. The van der Waals surface area contributed by atoms with Crippen LogP contribution in [0.15, 0.2) is 36.5 Å². The summed E-state index contributed by atoms with van der Waals surface area (Å²) in [6.07, 6.45) is 14.7. The van der Waals surface area contributed by atoms with Gasteiger partial charge in [-0.15, -0.1) is 6.58 Å². The Morgan fingerprint density at radius 1 is 1.31 bits per heavy atom. The van der Waals surface area contributed by atoms with Crippen molar-refractivity contribution in [2.75, 3.05) is 0 Å². The molecule has 0 nitrogen and oxygen atoms in total. The lowest BCUT2D eigenvalue weighted by atomic mass is 10.1. The summed E-state index contributed by atoms with van der Waals surface area (Å²) in [5.74, 6) is 0. The minimum Gasteiger partial charge on any atom is -0.103 e. The number of allylic oxidation sites excluding steroid dienone is 5. The first-order valence-electron chi connectivity index (χ1n) is 5.27. The summed E-state index contributed by atoms with van der Waals surface area (Å²) in [6.45, 7) is 8.03. The second-order valence-electron chi connectivity index (χ2n) is 3.26. The minimum atomic E-state index is 0.992. The average molecular weight is 178 g/mol. The third-order valence-electron chi connectivity index (χ3n) is 2.00. The minimum absolute atomic E-state index is 0.992. The van der Waals surface area contributed by atoms with Crippen molar-refractivity contribution in [1.82, 2.24) is 0 Å². The van der Waals surface area contributed by atoms with E-state index in [0.717, 1.165) is 6.42 Å². The summed E-state index contributed by atoms with van der Waals surface area (Å²) in [6, 6.07) is 0. The van der Waals surface area contributed by atoms with Crippen LogP contribution in [0.2, 0.25) is 0 Å². The number of hydrogen-bond acceptors (Lipinski definition) is 0. The fraction of sp³-hybridized carbons (Fsp3) is 0.538. The normalized spacial score (nSPS) is 12.3. The Bertz CT molecular complexity index is 172. The van der Waals surface area contributed by atoms with Gasteiger partial charge < -0.3 is 0 Å². The molecule has 0 aromatic carbocycles. The van der Waals surface area contributed by atoms with Gasteiger partial charge in [-0.3, -0.25) is 0 Å². The summed E-state index contributed by atoms with van der Waals surface area (Å²) in [5.41, 5.74) is 1.45. The first kappa shape index (κ1) is 12.2. The summed E-state index contributed by atoms with van der Waals surface area (Å²) in [4.78, 5) is 0. The molecule has 0 radical (unpaired) electrons. The summed E-state index contributed by atoms with van der Waals surface area (Å²) in [7, 11) is 0. The zero-order chi connectivity index (χ0) is 9.94. The van der Waals surface area contributed by atoms with Crippen LogP contribution < -0.4 is 0 Å². The fourth-order valence-electron chi connectivity index (χ4n) is 1.28. The Morgan fingerprint density at radius 3 is 2.62 bits per heavy atom. The number of unbranched alkanes of at least 4 members (excludes halogenated alkanes) is 2. The van der Waals surface area contributed by atoms with Crippen LogP contribution in [-0.4, -0.2) is 0 Å². The highest BCUT2D eigenvalue weighted by molar-refractivity contribution is 5.18. The lowest BCUT2D eigenvalue weighted by Gasteiger charge is -2.00. The van der Waals surface area contributed by atoms with Crippen LogP contribution in [0.3, 0.4) is 0 Å². The molecule has 0 aliphatic heterocycles. The average Bonchev–Trinajstić information content (AvgIpc) is 2.14. The van der Waals surface area contributed by atoms with Crippen LogP contribution in [0, 0.1) is 0 Å². The number of hydrogen-bond donors (Lipinski definition) is 0. The van der Waals surface area contributed by atoms with Crippen molar-refractivity contribution in [2.45, 2.75) is 46.0 Å². The predicted octanol–water partition coefficient (Wildman–Crippen LogP) is 4.65. The quantitative estimate of drug-likeness (QED) is 0.302. The van der Waals surface area contributed by atoms with Crippen LogP contribution in [0.4, 0.5) is 0 Å². The van der Waals surface area contributed by atoms with E-state index < -0.39 is 0 Å². The van der Waals surface area contributed by atoms with Gasteiger partial charge in [-0.25, -0.2) is 0 Å². The van der Waals surface area contributed by atoms with Crippen molar-refractivity contribution in [3.63, 3.8) is 0 Å². The Morgan fingerprint density at radius 2 is 2.08 bits per heavy atom. The van der Waals surface area contributed by atoms with E-state index in [9.17, 15) is 0 Å². The molecule has 0 aliphatic carbocycles. The smallest absolute Gasteiger partial charge is 0.0166 e. The van der Waals surface area contributed by atoms with E-state index in [4.69, 9.17) is 0 Å². The molecule has 0 bridgehead atoms. The van der Waals surface area contributed by atoms with Gasteiger partial charge in [0.2, 0.25) is 0 Å². The predicted molar refractivity (Wildman–Crippen MR) is 61.9 cm³/mol. The SMILES string of the molecule is C=CC/C=C(\C=C\C)CCCCC. The standard InChI is InChI=1S/C13H22/c1-4-7-9-12-13(10-6-3)11-8-5-2/h5-6,10-11H,2,4,7-9,12H2,1,3H3/b10-6+,13-11+. The van der Waals surface area contributed by atoms with Crippen molar-refractivity contribution < 1.29 is 0 Å². The van der Waals surface area contributed by atoms with Crippen molar-refractivity contribution in [1.29, 1.82) is 0 Å². The van der Waals surface area contributed by atoms with Gasteiger partial charge in [-0.05, 0) is 26.2 Å². The van der Waals surface area contributed by atoms with Gasteiger partial charge in [0.25, 0.3) is 0 Å². The van der Waals surface area contributed by atoms with Crippen LogP contribution in [0.1, 0.15) is 46.0 Å². The molecule has 0 aliphatic rings. The van der Waals surface area contributed by atoms with Gasteiger partial charge in [-0.1, -0.05) is 49.6 Å². The molecule has 0 saturated heterocycles. The lowest BCUT2D eigenvalue weighted by Crippen LogP contribution is -1.80. The zero-order valence-electron chi connectivity index (χ0n) is 9.05. The topological polar surface area (TPSA) is 0 Å². The van der Waals surface area contributed by atoms with E-state index >= 15 is 0 Å². The van der Waals surface area contributed by atoms with Crippen molar-refractivity contribution in [3.05, 3.63) is 36.5 Å². The highest BCUT2D eigenvalue weighted by atomic mass is 14.0. The second-order valence-corrected chi connectivity index (χ2v) is 3.26. The van der Waals surface area contributed by atoms with Gasteiger partial charge in [0.05, 0.1) is 0 Å². The molecule has 0 aromatic rings. The fourth-order valence-corrected chi connectivity index (χ4v) is 1.28. The van der Waals surface area contributed by atoms with E-state index in [1.807, 2.05) is 6.08 Å². The van der Waals surface area contributed by atoms with E-state index in [1.165, 1.54) is 31.3 Å². The maximum absolute atomic E-state index is 3.72. The molecular weight excluding hydrogens is 156 g/mol. The van der Waals surface area contributed by atoms with Crippen molar-refractivity contribution in [3.8, 4) is 0 Å². The molecule has 0 fully saturated rings. The first-order chi connectivity index (χ1) is 6.35. The molecule has 0 heterocycles. The Balaban J connectivity index is 3.86. The van der Waals surface area contributed by atoms with Crippen molar-refractivity contribution >= 4 is 0 Å². The van der Waals surface area contributed by atoms with Gasteiger partial charge in [-0.2, -0.15) is 0 Å². The lowest BCUT2D eigenvalue weighted by molar-refractivity contribution is 0.718. The number of rotatable bonds is 7. The first-order valence-corrected chi connectivity index (χ1v) is 5.27. The highest BCUT2D eigenvalue weighted by Gasteiger charge is 1.91. The Kier molecular flexibility index (Phi) is 8.75. The van der Waals surface area contributed by atoms with Gasteiger partial charge in [0.1, 0.15) is 0 Å². The van der Waals surface area contributed by atoms with Crippen LogP contribution in [-0.2, 0) is 0 Å². The molecule has 0 aromatic heterocycles. The van der Waals surface area contributed by atoms with E-state index in [-0.39, 0.29) is 0 Å². The van der Waals surface area contributed by atoms with Gasteiger partial charge in [0, 0.05) is 0 Å². The van der Waals surface area contributed by atoms with E-state index in [1.54, 1.807) is 0 Å². The summed E-state index contributed by atoms with van der Waals surface area (Å²) < 4.78 is 0. The largest absolute Gasteiger partial charge is 0.103 e. The second kappa shape index (κ2) is 9.31.